The normalized spacial score (nSPS) is 12.0. The molecule has 0 heterocycles. The highest BCUT2D eigenvalue weighted by Gasteiger charge is 2.03. The van der Waals surface area contributed by atoms with Crippen molar-refractivity contribution in [3.63, 3.8) is 0 Å². The molecule has 35 heavy (non-hydrogen) atoms. The van der Waals surface area contributed by atoms with Gasteiger partial charge in [0.2, 0.25) is 0 Å². The van der Waals surface area contributed by atoms with Crippen molar-refractivity contribution in [2.24, 2.45) is 0 Å². The second-order valence-electron chi connectivity index (χ2n) is 9.90. The van der Waals surface area contributed by atoms with Crippen molar-refractivity contribution in [2.75, 3.05) is 13.1 Å². The van der Waals surface area contributed by atoms with Gasteiger partial charge in [-0.1, -0.05) is 119 Å². The molecule has 3 nitrogen and oxygen atoms in total. The third-order valence-corrected chi connectivity index (χ3v) is 6.55. The third-order valence-electron chi connectivity index (χ3n) is 6.55. The molecule has 198 valence electrons. The average molecular weight is 484 g/mol. The first kappa shape index (κ1) is 31.2. The van der Waals surface area contributed by atoms with E-state index in [1.165, 1.54) is 95.5 Å². The molecule has 1 aromatic rings. The van der Waals surface area contributed by atoms with Gasteiger partial charge < -0.3 is 10.4 Å². The Labute approximate surface area is 216 Å². The van der Waals surface area contributed by atoms with E-state index in [4.69, 9.17) is 5.11 Å². The summed E-state index contributed by atoms with van der Waals surface area (Å²) in [4.78, 5) is 11.0. The van der Waals surface area contributed by atoms with Crippen molar-refractivity contribution in [1.82, 2.24) is 5.32 Å². The first-order valence-electron chi connectivity index (χ1n) is 14.5. The molecule has 0 saturated carbocycles. The van der Waals surface area contributed by atoms with Crippen LogP contribution in [0.25, 0.3) is 6.08 Å². The number of carboxylic acid groups (broad SMARTS) is 1. The lowest BCUT2D eigenvalue weighted by atomic mass is 10.0. The van der Waals surface area contributed by atoms with E-state index in [-0.39, 0.29) is 6.42 Å². The zero-order valence-electron chi connectivity index (χ0n) is 22.6. The molecule has 0 saturated heterocycles. The SMILES string of the molecule is CCCCCCCC/C=C/CCCCCCCCNCCC/C(=C/c1ccccc1)CCC(=O)O. The summed E-state index contributed by atoms with van der Waals surface area (Å²) in [5.74, 6) is -0.720. The van der Waals surface area contributed by atoms with Gasteiger partial charge in [-0.3, -0.25) is 4.79 Å². The average Bonchev–Trinajstić information content (AvgIpc) is 2.86. The summed E-state index contributed by atoms with van der Waals surface area (Å²) in [6.07, 6.45) is 28.7. The number of carbonyl (C=O) groups is 1. The van der Waals surface area contributed by atoms with E-state index < -0.39 is 5.97 Å². The van der Waals surface area contributed by atoms with Gasteiger partial charge in [-0.15, -0.1) is 0 Å². The van der Waals surface area contributed by atoms with Crippen molar-refractivity contribution < 1.29 is 9.90 Å². The van der Waals surface area contributed by atoms with Gasteiger partial charge in [-0.2, -0.15) is 0 Å². The molecule has 0 aliphatic carbocycles. The molecular weight excluding hydrogens is 430 g/mol. The zero-order chi connectivity index (χ0) is 25.2. The quantitative estimate of drug-likeness (QED) is 0.114. The Morgan fingerprint density at radius 2 is 1.29 bits per heavy atom. The Morgan fingerprint density at radius 3 is 1.91 bits per heavy atom. The molecule has 0 atom stereocenters. The minimum atomic E-state index is -0.720. The van der Waals surface area contributed by atoms with Crippen LogP contribution in [0.4, 0.5) is 0 Å². The molecular formula is C32H53NO2. The van der Waals surface area contributed by atoms with Gasteiger partial charge in [-0.25, -0.2) is 0 Å². The maximum Gasteiger partial charge on any atom is 0.303 e. The largest absolute Gasteiger partial charge is 0.481 e. The van der Waals surface area contributed by atoms with Gasteiger partial charge in [0.1, 0.15) is 0 Å². The van der Waals surface area contributed by atoms with Gasteiger partial charge >= 0.3 is 5.97 Å². The lowest BCUT2D eigenvalue weighted by Crippen LogP contribution is -2.16. The highest BCUT2D eigenvalue weighted by atomic mass is 16.4. The Morgan fingerprint density at radius 1 is 0.714 bits per heavy atom. The molecule has 0 unspecified atom stereocenters. The summed E-state index contributed by atoms with van der Waals surface area (Å²) >= 11 is 0. The van der Waals surface area contributed by atoms with Gasteiger partial charge in [0.25, 0.3) is 0 Å². The fourth-order valence-corrected chi connectivity index (χ4v) is 4.38. The third kappa shape index (κ3) is 21.2. The second-order valence-corrected chi connectivity index (χ2v) is 9.90. The molecule has 1 rings (SSSR count). The van der Waals surface area contributed by atoms with Crippen LogP contribution in [-0.2, 0) is 4.79 Å². The summed E-state index contributed by atoms with van der Waals surface area (Å²) in [5.41, 5.74) is 2.39. The minimum Gasteiger partial charge on any atom is -0.481 e. The van der Waals surface area contributed by atoms with Crippen LogP contribution in [0, 0.1) is 0 Å². The summed E-state index contributed by atoms with van der Waals surface area (Å²) in [6, 6.07) is 10.2. The number of aliphatic carboxylic acids is 1. The number of benzene rings is 1. The predicted molar refractivity (Wildman–Crippen MR) is 153 cm³/mol. The van der Waals surface area contributed by atoms with Gasteiger partial charge in [0, 0.05) is 6.42 Å². The summed E-state index contributed by atoms with van der Waals surface area (Å²) in [6.45, 7) is 4.37. The number of nitrogens with one attached hydrogen (secondary N) is 1. The Balaban J connectivity index is 1.94. The number of hydrogen-bond donors (Lipinski definition) is 2. The van der Waals surface area contributed by atoms with E-state index in [2.05, 4.69) is 42.6 Å². The van der Waals surface area contributed by atoms with Crippen molar-refractivity contribution >= 4 is 12.0 Å². The fourth-order valence-electron chi connectivity index (χ4n) is 4.38. The molecule has 2 N–H and O–H groups in total. The number of unbranched alkanes of at least 4 members (excludes halogenated alkanes) is 12. The van der Waals surface area contributed by atoms with Crippen molar-refractivity contribution in [3.05, 3.63) is 53.6 Å². The molecule has 3 heteroatoms. The Bertz CT molecular complexity index is 665. The van der Waals surface area contributed by atoms with E-state index in [0.29, 0.717) is 6.42 Å². The fraction of sp³-hybridized carbons (Fsp3) is 0.656. The van der Waals surface area contributed by atoms with Crippen LogP contribution in [0.5, 0.6) is 0 Å². The summed E-state index contributed by atoms with van der Waals surface area (Å²) in [5, 5.41) is 12.6. The van der Waals surface area contributed by atoms with E-state index in [0.717, 1.165) is 31.5 Å². The van der Waals surface area contributed by atoms with Crippen LogP contribution < -0.4 is 5.32 Å². The molecule has 0 spiro atoms. The standard InChI is InChI=1S/C32H53NO2/c1-2-3-4-5-6-7-8-9-10-11-12-13-14-15-16-20-27-33-28-21-24-31(25-26-32(34)35)29-30-22-18-17-19-23-30/h9-10,17-19,22-23,29,33H,2-8,11-16,20-21,24-28H2,1H3,(H,34,35)/b10-9+,31-29-. The summed E-state index contributed by atoms with van der Waals surface area (Å²) < 4.78 is 0. The van der Waals surface area contributed by atoms with E-state index in [9.17, 15) is 4.79 Å². The van der Waals surface area contributed by atoms with Crippen LogP contribution in [0.1, 0.15) is 128 Å². The zero-order valence-corrected chi connectivity index (χ0v) is 22.6. The molecule has 0 radical (unpaired) electrons. The van der Waals surface area contributed by atoms with Crippen molar-refractivity contribution in [1.29, 1.82) is 0 Å². The second kappa shape index (κ2) is 23.9. The maximum absolute atomic E-state index is 11.0. The molecule has 0 aliphatic heterocycles. The molecule has 0 bridgehead atoms. The Kier molecular flexibility index (Phi) is 21.2. The molecule has 0 aromatic heterocycles. The topological polar surface area (TPSA) is 49.3 Å². The monoisotopic (exact) mass is 483 g/mol. The lowest BCUT2D eigenvalue weighted by Gasteiger charge is -2.08. The highest BCUT2D eigenvalue weighted by molar-refractivity contribution is 5.67. The highest BCUT2D eigenvalue weighted by Crippen LogP contribution is 2.17. The van der Waals surface area contributed by atoms with Crippen LogP contribution in [0.15, 0.2) is 48.1 Å². The van der Waals surface area contributed by atoms with Crippen LogP contribution >= 0.6 is 0 Å². The van der Waals surface area contributed by atoms with E-state index in [1.807, 2.05) is 18.2 Å². The summed E-state index contributed by atoms with van der Waals surface area (Å²) in [7, 11) is 0. The number of hydrogen-bond acceptors (Lipinski definition) is 2. The molecule has 0 amide bonds. The minimum absolute atomic E-state index is 0.210. The maximum atomic E-state index is 11.0. The first-order chi connectivity index (χ1) is 17.2. The molecule has 1 aromatic carbocycles. The van der Waals surface area contributed by atoms with E-state index >= 15 is 0 Å². The smallest absolute Gasteiger partial charge is 0.303 e. The van der Waals surface area contributed by atoms with Crippen LogP contribution in [0.3, 0.4) is 0 Å². The lowest BCUT2D eigenvalue weighted by molar-refractivity contribution is -0.136. The van der Waals surface area contributed by atoms with E-state index in [1.54, 1.807) is 0 Å². The molecule has 0 aliphatic rings. The first-order valence-corrected chi connectivity index (χ1v) is 14.5. The van der Waals surface area contributed by atoms with Gasteiger partial charge in [0.15, 0.2) is 0 Å². The Hall–Kier alpha value is -1.87. The number of carboxylic acids is 1. The van der Waals surface area contributed by atoms with Crippen LogP contribution in [-0.4, -0.2) is 24.2 Å². The van der Waals surface area contributed by atoms with Crippen molar-refractivity contribution in [3.8, 4) is 0 Å². The molecule has 0 fully saturated rings. The number of rotatable bonds is 24. The predicted octanol–water partition coefficient (Wildman–Crippen LogP) is 9.34. The van der Waals surface area contributed by atoms with Crippen molar-refractivity contribution in [2.45, 2.75) is 122 Å². The number of allylic oxidation sites excluding steroid dienone is 3. The van der Waals surface area contributed by atoms with Crippen LogP contribution in [0.2, 0.25) is 0 Å². The van der Waals surface area contributed by atoms with Gasteiger partial charge in [-0.05, 0) is 70.0 Å². The van der Waals surface area contributed by atoms with Gasteiger partial charge in [0.05, 0.1) is 0 Å².